The number of aryl methyl sites for hydroxylation is 1. The molecule has 2 aliphatic heterocycles. The van der Waals surface area contributed by atoms with Crippen LogP contribution in [0.25, 0.3) is 5.70 Å². The van der Waals surface area contributed by atoms with Gasteiger partial charge in [0.15, 0.2) is 0 Å². The summed E-state index contributed by atoms with van der Waals surface area (Å²) in [7, 11) is 0. The molecular formula is C19H22BrN3O2. The molecule has 1 saturated carbocycles. The number of allylic oxidation sites excluding steroid dienone is 1. The van der Waals surface area contributed by atoms with E-state index in [1.165, 1.54) is 11.1 Å². The highest BCUT2D eigenvalue weighted by atomic mass is 79.9. The fourth-order valence-corrected chi connectivity index (χ4v) is 4.07. The average molecular weight is 404 g/mol. The molecule has 4 rings (SSSR count). The Bertz CT molecular complexity index is 761. The molecule has 0 amide bonds. The van der Waals surface area contributed by atoms with Crippen LogP contribution in [0.5, 0.6) is 0 Å². The first-order valence-corrected chi connectivity index (χ1v) is 9.70. The average Bonchev–Trinajstić information content (AvgIpc) is 3.32. The number of carbonyl (C=O) groups excluding carboxylic acids is 1. The molecule has 4 atom stereocenters. The molecule has 1 aromatic rings. The first-order valence-electron chi connectivity index (χ1n) is 8.78. The minimum atomic E-state index is -0.0944. The minimum Gasteiger partial charge on any atom is -0.466 e. The number of ether oxygens (including phenoxy) is 1. The Hall–Kier alpha value is -1.66. The van der Waals surface area contributed by atoms with Gasteiger partial charge in [-0.25, -0.2) is 5.43 Å². The van der Waals surface area contributed by atoms with Crippen molar-refractivity contribution >= 4 is 33.3 Å². The first kappa shape index (κ1) is 16.8. The van der Waals surface area contributed by atoms with Gasteiger partial charge in [0.05, 0.1) is 23.0 Å². The summed E-state index contributed by atoms with van der Waals surface area (Å²) >= 11 is 3.73. The van der Waals surface area contributed by atoms with E-state index in [1.807, 2.05) is 6.92 Å². The number of nitrogens with zero attached hydrogens (tertiary/aromatic N) is 2. The minimum absolute atomic E-state index is 0.0129. The van der Waals surface area contributed by atoms with Crippen LogP contribution in [0.1, 0.15) is 24.5 Å². The summed E-state index contributed by atoms with van der Waals surface area (Å²) in [5.41, 5.74) is 7.96. The van der Waals surface area contributed by atoms with E-state index in [0.717, 1.165) is 24.4 Å². The van der Waals surface area contributed by atoms with E-state index in [9.17, 15) is 4.79 Å². The second-order valence-electron chi connectivity index (χ2n) is 6.82. The number of hydrogen-bond acceptors (Lipinski definition) is 5. The van der Waals surface area contributed by atoms with E-state index < -0.39 is 0 Å². The number of esters is 1. The molecule has 0 bridgehead atoms. The van der Waals surface area contributed by atoms with E-state index in [4.69, 9.17) is 9.73 Å². The van der Waals surface area contributed by atoms with Crippen LogP contribution >= 0.6 is 15.9 Å². The van der Waals surface area contributed by atoms with Crippen molar-refractivity contribution in [1.29, 1.82) is 0 Å². The van der Waals surface area contributed by atoms with Gasteiger partial charge in [0.25, 0.3) is 0 Å². The maximum atomic E-state index is 12.0. The number of carbonyl (C=O) groups is 1. The van der Waals surface area contributed by atoms with Crippen molar-refractivity contribution in [2.24, 2.45) is 16.8 Å². The lowest BCUT2D eigenvalue weighted by Crippen LogP contribution is -2.39. The van der Waals surface area contributed by atoms with Gasteiger partial charge in [-0.05, 0) is 38.0 Å². The molecule has 132 valence electrons. The molecule has 1 aliphatic carbocycles. The Balaban J connectivity index is 1.65. The number of hydrazine groups is 1. The van der Waals surface area contributed by atoms with E-state index in [0.29, 0.717) is 6.61 Å². The highest BCUT2D eigenvalue weighted by Crippen LogP contribution is 2.44. The fraction of sp³-hybridized carbons (Fsp3) is 0.474. The Labute approximate surface area is 156 Å². The lowest BCUT2D eigenvalue weighted by molar-refractivity contribution is -0.144. The second kappa shape index (κ2) is 6.57. The van der Waals surface area contributed by atoms with Crippen molar-refractivity contribution in [1.82, 2.24) is 10.4 Å². The van der Waals surface area contributed by atoms with Crippen LogP contribution < -0.4 is 5.43 Å². The summed E-state index contributed by atoms with van der Waals surface area (Å²) in [5.74, 6) is 0.0489. The molecule has 0 spiro atoms. The van der Waals surface area contributed by atoms with E-state index in [-0.39, 0.29) is 28.8 Å². The monoisotopic (exact) mass is 403 g/mol. The number of hydrogen-bond donors (Lipinski definition) is 1. The number of aliphatic imine (C=N–C) groups is 1. The van der Waals surface area contributed by atoms with Crippen LogP contribution in [-0.4, -0.2) is 40.8 Å². The zero-order valence-electron chi connectivity index (χ0n) is 14.4. The zero-order chi connectivity index (χ0) is 17.6. The predicted molar refractivity (Wildman–Crippen MR) is 101 cm³/mol. The van der Waals surface area contributed by atoms with E-state index in [1.54, 1.807) is 0 Å². The highest BCUT2D eigenvalue weighted by molar-refractivity contribution is 9.09. The molecule has 1 N–H and O–H groups in total. The second-order valence-corrected chi connectivity index (χ2v) is 7.99. The Morgan fingerprint density at radius 3 is 3.08 bits per heavy atom. The standard InChI is InChI=1S/C19H22BrN3O2/c1-3-25-19(24)14-8-13(14)16-9-17(12-6-4-5-11(2)7-12)23-18(22-16)15(20)10-21-23/h4-7,9,13-15,18,21H,3,8,10H2,1-2H3. The number of fused-ring (bicyclic) bond motifs is 1. The molecular weight excluding hydrogens is 382 g/mol. The summed E-state index contributed by atoms with van der Waals surface area (Å²) in [5, 5.41) is 2.14. The molecule has 4 unspecified atom stereocenters. The Morgan fingerprint density at radius 1 is 1.48 bits per heavy atom. The normalized spacial score (nSPS) is 30.4. The van der Waals surface area contributed by atoms with Gasteiger partial charge < -0.3 is 4.74 Å². The summed E-state index contributed by atoms with van der Waals surface area (Å²) in [6.07, 6.45) is 2.98. The summed E-state index contributed by atoms with van der Waals surface area (Å²) in [6.45, 7) is 5.21. The van der Waals surface area contributed by atoms with Crippen LogP contribution in [0.2, 0.25) is 0 Å². The Morgan fingerprint density at radius 2 is 2.32 bits per heavy atom. The number of halogens is 1. The van der Waals surface area contributed by atoms with Crippen molar-refractivity contribution in [2.45, 2.75) is 31.3 Å². The van der Waals surface area contributed by atoms with Gasteiger partial charge in [0.2, 0.25) is 0 Å². The van der Waals surface area contributed by atoms with Crippen LogP contribution in [0, 0.1) is 18.8 Å². The van der Waals surface area contributed by atoms with Gasteiger partial charge in [0, 0.05) is 18.2 Å². The van der Waals surface area contributed by atoms with Crippen molar-refractivity contribution in [3.8, 4) is 0 Å². The van der Waals surface area contributed by atoms with Gasteiger partial charge in [-0.2, -0.15) is 0 Å². The third-order valence-corrected chi connectivity index (χ3v) is 5.74. The third-order valence-electron chi connectivity index (χ3n) is 4.94. The SMILES string of the molecule is CCOC(=O)C1CC1C1=NC2C(Br)CNN2C(c2cccc(C)c2)=C1. The highest BCUT2D eigenvalue weighted by Gasteiger charge is 2.49. The maximum Gasteiger partial charge on any atom is 0.309 e. The summed E-state index contributed by atoms with van der Waals surface area (Å²) in [6, 6.07) is 8.48. The quantitative estimate of drug-likeness (QED) is 0.620. The van der Waals surface area contributed by atoms with Gasteiger partial charge in [-0.15, -0.1) is 0 Å². The van der Waals surface area contributed by atoms with E-state index in [2.05, 4.69) is 63.6 Å². The van der Waals surface area contributed by atoms with Crippen LogP contribution in [0.4, 0.5) is 0 Å². The molecule has 6 heteroatoms. The molecule has 1 aromatic carbocycles. The smallest absolute Gasteiger partial charge is 0.309 e. The number of benzene rings is 1. The van der Waals surface area contributed by atoms with Gasteiger partial charge >= 0.3 is 5.97 Å². The van der Waals surface area contributed by atoms with Crippen molar-refractivity contribution in [2.75, 3.05) is 13.2 Å². The van der Waals surface area contributed by atoms with Crippen molar-refractivity contribution in [3.05, 3.63) is 41.5 Å². The molecule has 2 heterocycles. The van der Waals surface area contributed by atoms with Gasteiger partial charge in [-0.3, -0.25) is 14.8 Å². The first-order chi connectivity index (χ1) is 12.1. The van der Waals surface area contributed by atoms with E-state index >= 15 is 0 Å². The number of alkyl halides is 1. The number of nitrogens with one attached hydrogen (secondary N) is 1. The summed E-state index contributed by atoms with van der Waals surface area (Å²) < 4.78 is 5.18. The van der Waals surface area contributed by atoms with Gasteiger partial charge in [0.1, 0.15) is 6.17 Å². The van der Waals surface area contributed by atoms with Crippen LogP contribution in [0.3, 0.4) is 0 Å². The molecule has 25 heavy (non-hydrogen) atoms. The molecule has 1 saturated heterocycles. The third kappa shape index (κ3) is 3.13. The molecule has 0 aromatic heterocycles. The largest absolute Gasteiger partial charge is 0.466 e. The molecule has 5 nitrogen and oxygen atoms in total. The lowest BCUT2D eigenvalue weighted by Gasteiger charge is -2.31. The molecule has 0 radical (unpaired) electrons. The van der Waals surface area contributed by atoms with Crippen molar-refractivity contribution < 1.29 is 9.53 Å². The lowest BCUT2D eigenvalue weighted by atomic mass is 10.0. The van der Waals surface area contributed by atoms with Gasteiger partial charge in [-0.1, -0.05) is 39.7 Å². The maximum absolute atomic E-state index is 12.0. The molecule has 3 aliphatic rings. The van der Waals surface area contributed by atoms with Crippen LogP contribution in [-0.2, 0) is 9.53 Å². The fourth-order valence-electron chi connectivity index (χ4n) is 3.57. The molecule has 2 fully saturated rings. The van der Waals surface area contributed by atoms with Crippen molar-refractivity contribution in [3.63, 3.8) is 0 Å². The van der Waals surface area contributed by atoms with Crippen LogP contribution in [0.15, 0.2) is 35.3 Å². The predicted octanol–water partition coefficient (Wildman–Crippen LogP) is 2.90. The Kier molecular flexibility index (Phi) is 4.41. The number of rotatable bonds is 4. The topological polar surface area (TPSA) is 53.9 Å². The zero-order valence-corrected chi connectivity index (χ0v) is 16.0. The summed E-state index contributed by atoms with van der Waals surface area (Å²) in [4.78, 5) is 17.2.